The maximum absolute atomic E-state index is 12.8. The summed E-state index contributed by atoms with van der Waals surface area (Å²) < 4.78 is 0. The molecule has 0 fully saturated rings. The van der Waals surface area contributed by atoms with Crippen molar-refractivity contribution >= 4 is 23.3 Å². The molecule has 31 heavy (non-hydrogen) atoms. The second-order valence-electron chi connectivity index (χ2n) is 9.02. The second kappa shape index (κ2) is 10.4. The summed E-state index contributed by atoms with van der Waals surface area (Å²) in [4.78, 5) is 29.3. The van der Waals surface area contributed by atoms with Crippen molar-refractivity contribution in [2.24, 2.45) is 10.9 Å². The van der Waals surface area contributed by atoms with Gasteiger partial charge in [-0.25, -0.2) is 4.79 Å². The van der Waals surface area contributed by atoms with Crippen molar-refractivity contribution in [2.75, 3.05) is 5.32 Å². The Kier molecular flexibility index (Phi) is 8.11. The third kappa shape index (κ3) is 7.03. The van der Waals surface area contributed by atoms with E-state index in [1.807, 2.05) is 90.1 Å². The van der Waals surface area contributed by atoms with Crippen LogP contribution in [0.4, 0.5) is 5.69 Å². The lowest BCUT2D eigenvalue weighted by Gasteiger charge is -2.26. The van der Waals surface area contributed by atoms with E-state index in [4.69, 9.17) is 0 Å². The highest BCUT2D eigenvalue weighted by molar-refractivity contribution is 6.17. The molecule has 0 radical (unpaired) electrons. The van der Waals surface area contributed by atoms with Gasteiger partial charge in [0.1, 0.15) is 6.04 Å². The summed E-state index contributed by atoms with van der Waals surface area (Å²) in [6, 6.07) is 15.5. The van der Waals surface area contributed by atoms with Gasteiger partial charge in [0.2, 0.25) is 5.91 Å². The maximum atomic E-state index is 12.8. The van der Waals surface area contributed by atoms with Gasteiger partial charge in [0.15, 0.2) is 0 Å². The van der Waals surface area contributed by atoms with E-state index >= 15 is 0 Å². The van der Waals surface area contributed by atoms with Crippen LogP contribution in [-0.2, 0) is 9.59 Å². The molecule has 0 saturated heterocycles. The Balaban J connectivity index is 2.51. The fourth-order valence-electron chi connectivity index (χ4n) is 3.28. The number of aliphatic carboxylic acids is 1. The first-order chi connectivity index (χ1) is 14.5. The lowest BCUT2D eigenvalue weighted by molar-refractivity contribution is -0.139. The number of hydrogen-bond acceptors (Lipinski definition) is 4. The van der Waals surface area contributed by atoms with Crippen LogP contribution < -0.4 is 10.6 Å². The zero-order valence-electron chi connectivity index (χ0n) is 19.1. The van der Waals surface area contributed by atoms with Crippen LogP contribution in [0.1, 0.15) is 52.7 Å². The third-order valence-corrected chi connectivity index (χ3v) is 4.68. The number of amides is 1. The first kappa shape index (κ1) is 24.3. The minimum Gasteiger partial charge on any atom is -0.480 e. The summed E-state index contributed by atoms with van der Waals surface area (Å²) in [6.07, 6.45) is 0. The number of nitrogens with one attached hydrogen (secondary N) is 2. The molecule has 0 spiro atoms. The van der Waals surface area contributed by atoms with E-state index in [0.29, 0.717) is 17.0 Å². The molecule has 2 aromatic rings. The summed E-state index contributed by atoms with van der Waals surface area (Å²) in [6.45, 7) is 11.5. The Bertz CT molecular complexity index is 931. The van der Waals surface area contributed by atoms with Crippen molar-refractivity contribution < 1.29 is 14.7 Å². The van der Waals surface area contributed by atoms with Crippen molar-refractivity contribution in [3.8, 4) is 0 Å². The average Bonchev–Trinajstić information content (AvgIpc) is 2.68. The quantitative estimate of drug-likeness (QED) is 0.551. The summed E-state index contributed by atoms with van der Waals surface area (Å²) in [5, 5.41) is 15.9. The van der Waals surface area contributed by atoms with Crippen molar-refractivity contribution in [3.63, 3.8) is 0 Å². The summed E-state index contributed by atoms with van der Waals surface area (Å²) in [7, 11) is 0. The Hall–Kier alpha value is -2.99. The minimum atomic E-state index is -0.979. The van der Waals surface area contributed by atoms with Gasteiger partial charge in [-0.1, -0.05) is 62.4 Å². The second-order valence-corrected chi connectivity index (χ2v) is 9.02. The summed E-state index contributed by atoms with van der Waals surface area (Å²) in [5.74, 6) is -1.34. The maximum Gasteiger partial charge on any atom is 0.328 e. The molecule has 0 aliphatic rings. The highest BCUT2D eigenvalue weighted by Crippen LogP contribution is 2.23. The van der Waals surface area contributed by atoms with Crippen LogP contribution >= 0.6 is 0 Å². The van der Waals surface area contributed by atoms with E-state index in [1.165, 1.54) is 0 Å². The molecule has 2 aromatic carbocycles. The number of aliphatic imine (C=N–C) groups is 1. The lowest BCUT2D eigenvalue weighted by atomic mass is 9.98. The number of carbonyl (C=O) groups is 2. The number of benzene rings is 2. The van der Waals surface area contributed by atoms with Crippen molar-refractivity contribution in [1.82, 2.24) is 5.32 Å². The van der Waals surface area contributed by atoms with Crippen LogP contribution in [0.5, 0.6) is 0 Å². The molecule has 0 aromatic heterocycles. The topological polar surface area (TPSA) is 90.8 Å². The van der Waals surface area contributed by atoms with Crippen LogP contribution in [-0.4, -0.2) is 40.3 Å². The summed E-state index contributed by atoms with van der Waals surface area (Å²) in [5.41, 5.74) is 2.38. The first-order valence-electron chi connectivity index (χ1n) is 10.5. The normalized spacial score (nSPS) is 14.2. The number of anilines is 1. The van der Waals surface area contributed by atoms with Gasteiger partial charge in [0.05, 0.1) is 17.4 Å². The van der Waals surface area contributed by atoms with Gasteiger partial charge in [-0.05, 0) is 39.7 Å². The van der Waals surface area contributed by atoms with Crippen LogP contribution in [0, 0.1) is 5.92 Å². The van der Waals surface area contributed by atoms with E-state index in [9.17, 15) is 14.7 Å². The van der Waals surface area contributed by atoms with E-state index in [1.54, 1.807) is 6.07 Å². The van der Waals surface area contributed by atoms with Crippen LogP contribution in [0.15, 0.2) is 59.6 Å². The molecule has 0 aliphatic carbocycles. The van der Waals surface area contributed by atoms with Gasteiger partial charge in [0, 0.05) is 16.7 Å². The van der Waals surface area contributed by atoms with Crippen molar-refractivity contribution in [2.45, 2.75) is 59.2 Å². The van der Waals surface area contributed by atoms with E-state index in [0.717, 1.165) is 5.56 Å². The summed E-state index contributed by atoms with van der Waals surface area (Å²) >= 11 is 0. The molecule has 0 unspecified atom stereocenters. The van der Waals surface area contributed by atoms with E-state index < -0.39 is 18.1 Å². The molecule has 2 atom stereocenters. The molecule has 1 amide bonds. The number of carbonyl (C=O) groups excluding carboxylic acids is 1. The van der Waals surface area contributed by atoms with Crippen molar-refractivity contribution in [1.29, 1.82) is 0 Å². The first-order valence-corrected chi connectivity index (χ1v) is 10.5. The lowest BCUT2D eigenvalue weighted by Crippen LogP contribution is -2.48. The van der Waals surface area contributed by atoms with Gasteiger partial charge in [-0.15, -0.1) is 0 Å². The number of carboxylic acids is 1. The predicted molar refractivity (Wildman–Crippen MR) is 126 cm³/mol. The highest BCUT2D eigenvalue weighted by atomic mass is 16.4. The van der Waals surface area contributed by atoms with Crippen LogP contribution in [0.2, 0.25) is 0 Å². The van der Waals surface area contributed by atoms with Crippen LogP contribution in [0.25, 0.3) is 0 Å². The Morgan fingerprint density at radius 3 is 2.06 bits per heavy atom. The van der Waals surface area contributed by atoms with Gasteiger partial charge >= 0.3 is 5.97 Å². The zero-order chi connectivity index (χ0) is 23.2. The predicted octanol–water partition coefficient (Wildman–Crippen LogP) is 4.35. The Labute approximate surface area is 184 Å². The molecule has 0 heterocycles. The number of hydrogen-bond donors (Lipinski definition) is 3. The van der Waals surface area contributed by atoms with Crippen LogP contribution in [0.3, 0.4) is 0 Å². The van der Waals surface area contributed by atoms with Gasteiger partial charge < -0.3 is 15.7 Å². The smallest absolute Gasteiger partial charge is 0.328 e. The minimum absolute atomic E-state index is 0.173. The Morgan fingerprint density at radius 2 is 1.52 bits per heavy atom. The molecular weight excluding hydrogens is 390 g/mol. The fraction of sp³-hybridized carbons (Fsp3) is 0.400. The number of nitrogens with zero attached hydrogens (tertiary/aromatic N) is 1. The monoisotopic (exact) mass is 423 g/mol. The molecule has 166 valence electrons. The highest BCUT2D eigenvalue weighted by Gasteiger charge is 2.24. The van der Waals surface area contributed by atoms with E-state index in [2.05, 4.69) is 15.6 Å². The molecule has 0 aliphatic heterocycles. The largest absolute Gasteiger partial charge is 0.480 e. The molecule has 2 rings (SSSR count). The molecule has 6 heteroatoms. The molecular formula is C25H33N3O3. The third-order valence-electron chi connectivity index (χ3n) is 4.68. The number of para-hydroxylation sites is 1. The van der Waals surface area contributed by atoms with Crippen molar-refractivity contribution in [3.05, 3.63) is 65.7 Å². The Morgan fingerprint density at radius 1 is 0.935 bits per heavy atom. The molecule has 0 bridgehead atoms. The van der Waals surface area contributed by atoms with Gasteiger partial charge in [0.25, 0.3) is 0 Å². The molecule has 3 N–H and O–H groups in total. The fourth-order valence-corrected chi connectivity index (χ4v) is 3.28. The molecule has 0 saturated carbocycles. The number of carboxylic acid groups (broad SMARTS) is 1. The SMILES string of the molecule is CC(C)[C@H](N=C(c1ccccc1)c1ccccc1NC(=O)[C@H](C)NC(C)(C)C)C(=O)O. The van der Waals surface area contributed by atoms with E-state index in [-0.39, 0.29) is 17.4 Å². The standard InChI is InChI=1S/C25H33N3O3/c1-16(2)21(24(30)31)27-22(18-12-8-7-9-13-18)19-14-10-11-15-20(19)26-23(29)17(3)28-25(4,5)6/h7-17,21,28H,1-6H3,(H,26,29)(H,30,31)/t17-,21-/m0/s1. The average molecular weight is 424 g/mol. The zero-order valence-corrected chi connectivity index (χ0v) is 19.1. The number of rotatable bonds is 8. The molecule has 6 nitrogen and oxygen atoms in total. The van der Waals surface area contributed by atoms with Gasteiger partial charge in [-0.3, -0.25) is 9.79 Å². The van der Waals surface area contributed by atoms with Gasteiger partial charge in [-0.2, -0.15) is 0 Å².